The molecule has 4 rings (SSSR count). The van der Waals surface area contributed by atoms with Gasteiger partial charge in [-0.05, 0) is 92.7 Å². The van der Waals surface area contributed by atoms with Crippen LogP contribution in [0.2, 0.25) is 0 Å². The van der Waals surface area contributed by atoms with Gasteiger partial charge in [0.15, 0.2) is 0 Å². The molecular formula is C68H90N14O24. The van der Waals surface area contributed by atoms with Crippen LogP contribution in [-0.4, -0.2) is 195 Å². The van der Waals surface area contributed by atoms with Gasteiger partial charge in [0.05, 0.1) is 37.9 Å². The maximum absolute atomic E-state index is 14.2. The van der Waals surface area contributed by atoms with Crippen molar-refractivity contribution in [2.75, 3.05) is 25.6 Å². The number of methoxy groups -OCH3 is 1. The number of nitrogens with two attached hydrogens (primary N) is 2. The third-order valence-corrected chi connectivity index (χ3v) is 16.1. The topological polar surface area (TPSA) is 604 Å². The Morgan fingerprint density at radius 2 is 1.07 bits per heavy atom. The zero-order valence-electron chi connectivity index (χ0n) is 58.9. The molecule has 0 aliphatic rings. The average molecular weight is 1490 g/mol. The van der Waals surface area contributed by atoms with Crippen molar-refractivity contribution in [3.05, 3.63) is 111 Å². The SMILES string of the molecule is COc1ccc2c(CC(=O)N[C@@H](CO)C(=O)N[C@@H](CCC(=O)O)C(=O)N[C@H](C(=O)N[C@@H](CC(N)=O)C(=O)N[C@@H](CC(C)C)C(=O)N[C@@H](CC(=O)O)C(=O)N[C@@H](C)C(=O)N[C@@H](CCC(=O)O)C(=O)N[C@@H](Cc3ccccc3)C(=O)N[C@@H](CCCCNc3ccc([N+](=O)[O-])cc3)C(N)=O)C(C)C)cc(=O)oc2c1. The van der Waals surface area contributed by atoms with Gasteiger partial charge >= 0.3 is 23.5 Å². The number of benzene rings is 3. The van der Waals surface area contributed by atoms with Gasteiger partial charge in [-0.3, -0.25) is 82.0 Å². The van der Waals surface area contributed by atoms with E-state index in [9.17, 15) is 107 Å². The molecule has 0 fully saturated rings. The molecule has 0 aliphatic carbocycles. The fourth-order valence-corrected chi connectivity index (χ4v) is 10.5. The number of non-ortho nitro benzene ring substituents is 1. The number of nitrogens with one attached hydrogen (secondary N) is 11. The first-order chi connectivity index (χ1) is 50.0. The number of amides is 12. The maximum atomic E-state index is 14.2. The Morgan fingerprint density at radius 3 is 1.62 bits per heavy atom. The van der Waals surface area contributed by atoms with Crippen molar-refractivity contribution in [1.29, 1.82) is 0 Å². The van der Waals surface area contributed by atoms with E-state index < -0.39 is 223 Å². The minimum absolute atomic E-state index is 0.0338. The molecule has 0 spiro atoms. The van der Waals surface area contributed by atoms with Crippen LogP contribution in [-0.2, 0) is 84.8 Å². The number of carboxylic acid groups (broad SMARTS) is 3. The maximum Gasteiger partial charge on any atom is 0.336 e. The molecule has 19 N–H and O–H groups in total. The molecule has 12 amide bonds. The molecule has 0 aliphatic heterocycles. The van der Waals surface area contributed by atoms with E-state index in [4.69, 9.17) is 20.6 Å². The van der Waals surface area contributed by atoms with Crippen molar-refractivity contribution < 1.29 is 106 Å². The molecule has 1 heterocycles. The molecule has 3 aromatic carbocycles. The summed E-state index contributed by atoms with van der Waals surface area (Å²) in [6.07, 6.45) is -5.01. The van der Waals surface area contributed by atoms with Gasteiger partial charge in [-0.25, -0.2) is 4.79 Å². The summed E-state index contributed by atoms with van der Waals surface area (Å²) in [5.74, 6) is -19.1. The zero-order valence-corrected chi connectivity index (χ0v) is 58.9. The van der Waals surface area contributed by atoms with E-state index >= 15 is 0 Å². The highest BCUT2D eigenvalue weighted by Gasteiger charge is 2.38. The minimum atomic E-state index is -2.04. The van der Waals surface area contributed by atoms with E-state index in [0.29, 0.717) is 41.8 Å². The minimum Gasteiger partial charge on any atom is -0.497 e. The first-order valence-electron chi connectivity index (χ1n) is 33.5. The molecule has 0 unspecified atom stereocenters. The number of hydrogen-bond donors (Lipinski definition) is 17. The second kappa shape index (κ2) is 42.5. The second-order valence-electron chi connectivity index (χ2n) is 25.4. The normalized spacial score (nSPS) is 13.9. The standard InChI is InChI=1S/C68H90N14O24/c1-34(2)26-46(77-66(100)48(31-52(69)84)80-68(102)58(35(3)4)81-62(96)45(22-24-55(88)89)76-67(101)50(33-83)73-53(85)28-38-29-57(92)106-51-30-41(105-6)19-20-42(38)51)64(98)79-49(32-56(90)91)63(97)72-36(5)60(94)75-44(21-23-54(86)87)61(95)78-47(27-37-12-8-7-9-13-37)65(99)74-43(59(70)93)14-10-11-25-71-39-15-17-40(18-16-39)82(103)104/h7-9,12-13,15-20,29-30,34-36,43-50,58,71,83H,10-11,14,21-28,31-33H2,1-6H3,(H2,69,84)(H2,70,93)(H,72,97)(H,73,85)(H,74,99)(H,75,94)(H,76,101)(H,77,100)(H,78,95)(H,79,98)(H,80,102)(H,81,96)(H,86,87)(H,88,89)(H,90,91)/t36-,43-,44-,45-,46-,47-,48-,49-,50-,58-/m0/s1. The summed E-state index contributed by atoms with van der Waals surface area (Å²) in [6, 6.07) is 2.26. The number of primary amides is 2. The van der Waals surface area contributed by atoms with Crippen molar-refractivity contribution in [3.63, 3.8) is 0 Å². The van der Waals surface area contributed by atoms with Crippen molar-refractivity contribution in [2.45, 2.75) is 172 Å². The number of carbonyl (C=O) groups excluding carboxylic acids is 12. The Balaban J connectivity index is 1.47. The van der Waals surface area contributed by atoms with Gasteiger partial charge in [0.2, 0.25) is 70.9 Å². The van der Waals surface area contributed by atoms with Crippen molar-refractivity contribution >= 4 is 111 Å². The Morgan fingerprint density at radius 1 is 0.547 bits per heavy atom. The highest BCUT2D eigenvalue weighted by atomic mass is 16.6. The summed E-state index contributed by atoms with van der Waals surface area (Å²) in [7, 11) is 1.38. The number of hydrogen-bond acceptors (Lipinski definition) is 22. The number of nitro benzene ring substituents is 1. The third-order valence-electron chi connectivity index (χ3n) is 16.1. The fourth-order valence-electron chi connectivity index (χ4n) is 10.5. The average Bonchev–Trinajstić information content (AvgIpc) is 0.801. The summed E-state index contributed by atoms with van der Waals surface area (Å²) in [5, 5.41) is 77.0. The van der Waals surface area contributed by atoms with Crippen LogP contribution in [0.15, 0.2) is 88.1 Å². The molecule has 10 atom stereocenters. The first kappa shape index (κ1) is 86.3. The zero-order chi connectivity index (χ0) is 79.1. The number of rotatable bonds is 46. The lowest BCUT2D eigenvalue weighted by Gasteiger charge is -2.29. The van der Waals surface area contributed by atoms with E-state index in [1.165, 1.54) is 63.4 Å². The number of nitrogens with zero attached hydrogens (tertiary/aromatic N) is 1. The number of unbranched alkanes of at least 4 members (excludes halogenated alkanes) is 1. The van der Waals surface area contributed by atoms with Crippen molar-refractivity contribution in [2.24, 2.45) is 23.3 Å². The van der Waals surface area contributed by atoms with Gasteiger partial charge in [0.1, 0.15) is 71.8 Å². The third kappa shape index (κ3) is 29.3. The smallest absolute Gasteiger partial charge is 0.336 e. The van der Waals surface area contributed by atoms with Crippen LogP contribution in [0, 0.1) is 22.0 Å². The summed E-state index contributed by atoms with van der Waals surface area (Å²) in [4.78, 5) is 223. The summed E-state index contributed by atoms with van der Waals surface area (Å²) < 4.78 is 10.4. The van der Waals surface area contributed by atoms with E-state index in [-0.39, 0.29) is 36.1 Å². The summed E-state index contributed by atoms with van der Waals surface area (Å²) >= 11 is 0. The number of fused-ring (bicyclic) bond motifs is 1. The van der Waals surface area contributed by atoms with Crippen LogP contribution in [0.5, 0.6) is 5.75 Å². The van der Waals surface area contributed by atoms with E-state index in [1.807, 2.05) is 0 Å². The Labute approximate surface area is 605 Å². The molecule has 0 saturated heterocycles. The predicted molar refractivity (Wildman–Crippen MR) is 374 cm³/mol. The molecule has 38 nitrogen and oxygen atoms in total. The highest BCUT2D eigenvalue weighted by Crippen LogP contribution is 2.23. The van der Waals surface area contributed by atoms with Crippen LogP contribution in [0.3, 0.4) is 0 Å². The molecular weight excluding hydrogens is 1400 g/mol. The number of aliphatic hydroxyl groups is 1. The quantitative estimate of drug-likeness (QED) is 0.00976. The molecule has 1 aromatic heterocycles. The van der Waals surface area contributed by atoms with Crippen LogP contribution in [0.1, 0.15) is 110 Å². The van der Waals surface area contributed by atoms with Crippen LogP contribution in [0.25, 0.3) is 11.0 Å². The summed E-state index contributed by atoms with van der Waals surface area (Å²) in [6.45, 7) is 6.41. The molecule has 38 heteroatoms. The Kier molecular flexibility index (Phi) is 34.6. The molecule has 0 radical (unpaired) electrons. The lowest BCUT2D eigenvalue weighted by Crippen LogP contribution is -2.61. The van der Waals surface area contributed by atoms with E-state index in [0.717, 1.165) is 13.0 Å². The van der Waals surface area contributed by atoms with Crippen molar-refractivity contribution in [1.82, 2.24) is 53.2 Å². The number of carbonyl (C=O) groups is 15. The van der Waals surface area contributed by atoms with Crippen LogP contribution >= 0.6 is 0 Å². The molecule has 0 bridgehead atoms. The molecule has 106 heavy (non-hydrogen) atoms. The van der Waals surface area contributed by atoms with Crippen LogP contribution in [0.4, 0.5) is 11.4 Å². The number of carboxylic acids is 3. The second-order valence-corrected chi connectivity index (χ2v) is 25.4. The Bertz CT molecular complexity index is 3890. The van der Waals surface area contributed by atoms with Gasteiger partial charge in [0, 0.05) is 61.1 Å². The summed E-state index contributed by atoms with van der Waals surface area (Å²) in [5.41, 5.74) is 11.6. The number of nitro groups is 1. The lowest BCUT2D eigenvalue weighted by atomic mass is 10.00. The van der Waals surface area contributed by atoms with Gasteiger partial charge in [-0.1, -0.05) is 58.0 Å². The number of anilines is 1. The van der Waals surface area contributed by atoms with Gasteiger partial charge < -0.3 is 99.5 Å². The highest BCUT2D eigenvalue weighted by molar-refractivity contribution is 6.01. The molecule has 4 aromatic rings. The number of aliphatic carboxylic acids is 3. The number of aliphatic hydroxyl groups excluding tert-OH is 1. The van der Waals surface area contributed by atoms with Gasteiger partial charge in [0.25, 0.3) is 5.69 Å². The van der Waals surface area contributed by atoms with Crippen LogP contribution < -0.4 is 80.3 Å². The molecule has 576 valence electrons. The predicted octanol–water partition coefficient (Wildman–Crippen LogP) is -2.10. The lowest BCUT2D eigenvalue weighted by molar-refractivity contribution is -0.384. The first-order valence-corrected chi connectivity index (χ1v) is 33.5. The molecule has 0 saturated carbocycles. The van der Waals surface area contributed by atoms with E-state index in [2.05, 4.69) is 58.5 Å². The largest absolute Gasteiger partial charge is 0.497 e. The van der Waals surface area contributed by atoms with Gasteiger partial charge in [-0.15, -0.1) is 0 Å². The van der Waals surface area contributed by atoms with Crippen molar-refractivity contribution in [3.8, 4) is 5.75 Å². The monoisotopic (exact) mass is 1490 g/mol. The fraction of sp³-hybridized carbons (Fsp3) is 0.471. The van der Waals surface area contributed by atoms with E-state index in [1.54, 1.807) is 44.2 Å². The van der Waals surface area contributed by atoms with Gasteiger partial charge in [-0.2, -0.15) is 0 Å². The number of ether oxygens (including phenoxy) is 1. The Hall–Kier alpha value is -12.1.